The van der Waals surface area contributed by atoms with Gasteiger partial charge in [0.05, 0.1) is 5.56 Å². The lowest BCUT2D eigenvalue weighted by atomic mass is 10.1. The van der Waals surface area contributed by atoms with Crippen LogP contribution in [0.25, 0.3) is 0 Å². The van der Waals surface area contributed by atoms with Gasteiger partial charge in [-0.25, -0.2) is 0 Å². The van der Waals surface area contributed by atoms with Crippen LogP contribution in [0.1, 0.15) is 11.1 Å². The fourth-order valence-electron chi connectivity index (χ4n) is 0.929. The Morgan fingerprint density at radius 2 is 1.92 bits per heavy atom. The van der Waals surface area contributed by atoms with E-state index in [0.29, 0.717) is 4.47 Å². The predicted octanol–water partition coefficient (Wildman–Crippen LogP) is 4.21. The Hall–Kier alpha value is -0.220. The van der Waals surface area contributed by atoms with Gasteiger partial charge in [0.15, 0.2) is 0 Å². The first-order valence-corrected chi connectivity index (χ1v) is 4.69. The van der Waals surface area contributed by atoms with Gasteiger partial charge in [-0.3, -0.25) is 0 Å². The highest BCUT2D eigenvalue weighted by molar-refractivity contribution is 9.10. The first kappa shape index (κ1) is 10.9. The van der Waals surface area contributed by atoms with Crippen molar-refractivity contribution in [3.63, 3.8) is 0 Å². The maximum Gasteiger partial charge on any atom is 0.416 e. The van der Waals surface area contributed by atoms with Crippen molar-refractivity contribution >= 4 is 27.5 Å². The summed E-state index contributed by atoms with van der Waals surface area (Å²) in [7, 11) is 0. The third-order valence-electron chi connectivity index (χ3n) is 1.52. The highest BCUT2D eigenvalue weighted by atomic mass is 79.9. The summed E-state index contributed by atoms with van der Waals surface area (Å²) in [4.78, 5) is 0. The van der Waals surface area contributed by atoms with E-state index in [-0.39, 0.29) is 11.4 Å². The molecular formula is C8H5BrClF3. The van der Waals surface area contributed by atoms with Gasteiger partial charge in [-0.1, -0.05) is 22.0 Å². The molecule has 0 atom stereocenters. The van der Waals surface area contributed by atoms with E-state index in [0.717, 1.165) is 6.07 Å². The van der Waals surface area contributed by atoms with Gasteiger partial charge in [0.2, 0.25) is 0 Å². The van der Waals surface area contributed by atoms with Crippen LogP contribution in [0.4, 0.5) is 13.2 Å². The molecule has 0 spiro atoms. The van der Waals surface area contributed by atoms with Crippen molar-refractivity contribution < 1.29 is 13.2 Å². The largest absolute Gasteiger partial charge is 0.416 e. The average Bonchev–Trinajstić information content (AvgIpc) is 2.03. The lowest BCUT2D eigenvalue weighted by Crippen LogP contribution is -2.08. The average molecular weight is 273 g/mol. The Balaban J connectivity index is 3.24. The van der Waals surface area contributed by atoms with E-state index in [9.17, 15) is 13.2 Å². The van der Waals surface area contributed by atoms with Crippen molar-refractivity contribution in [2.24, 2.45) is 0 Å². The molecule has 0 fully saturated rings. The summed E-state index contributed by atoms with van der Waals surface area (Å²) in [5.74, 6) is -0.137. The van der Waals surface area contributed by atoms with E-state index >= 15 is 0 Å². The van der Waals surface area contributed by atoms with E-state index in [4.69, 9.17) is 11.6 Å². The van der Waals surface area contributed by atoms with Gasteiger partial charge in [0, 0.05) is 10.4 Å². The maximum atomic E-state index is 12.3. The Morgan fingerprint density at radius 3 is 2.38 bits per heavy atom. The zero-order valence-electron chi connectivity index (χ0n) is 6.33. The molecule has 1 aromatic rings. The summed E-state index contributed by atoms with van der Waals surface area (Å²) in [5, 5.41) is 0. The third-order valence-corrected chi connectivity index (χ3v) is 2.30. The highest BCUT2D eigenvalue weighted by Crippen LogP contribution is 2.34. The SMILES string of the molecule is FC(F)(F)c1cc(Br)ccc1CCl. The van der Waals surface area contributed by atoms with Crippen molar-refractivity contribution in [1.29, 1.82) is 0 Å². The van der Waals surface area contributed by atoms with Crippen LogP contribution in [0.15, 0.2) is 22.7 Å². The topological polar surface area (TPSA) is 0 Å². The molecule has 0 N–H and O–H groups in total. The van der Waals surface area contributed by atoms with Gasteiger partial charge in [-0.15, -0.1) is 11.6 Å². The van der Waals surface area contributed by atoms with Gasteiger partial charge in [-0.2, -0.15) is 13.2 Å². The lowest BCUT2D eigenvalue weighted by molar-refractivity contribution is -0.138. The highest BCUT2D eigenvalue weighted by Gasteiger charge is 2.33. The van der Waals surface area contributed by atoms with Gasteiger partial charge >= 0.3 is 6.18 Å². The van der Waals surface area contributed by atoms with E-state index in [2.05, 4.69) is 15.9 Å². The summed E-state index contributed by atoms with van der Waals surface area (Å²) in [6.45, 7) is 0. The summed E-state index contributed by atoms with van der Waals surface area (Å²) in [6, 6.07) is 3.92. The first-order chi connectivity index (χ1) is 5.95. The Morgan fingerprint density at radius 1 is 1.31 bits per heavy atom. The molecule has 0 saturated carbocycles. The molecule has 0 aliphatic rings. The van der Waals surface area contributed by atoms with Crippen molar-refractivity contribution in [1.82, 2.24) is 0 Å². The molecule has 72 valence electrons. The molecule has 0 radical (unpaired) electrons. The maximum absolute atomic E-state index is 12.3. The fraction of sp³-hybridized carbons (Fsp3) is 0.250. The molecule has 13 heavy (non-hydrogen) atoms. The molecule has 0 unspecified atom stereocenters. The summed E-state index contributed by atoms with van der Waals surface area (Å²) >= 11 is 8.35. The number of hydrogen-bond donors (Lipinski definition) is 0. The molecule has 0 amide bonds. The fourth-order valence-corrected chi connectivity index (χ4v) is 1.52. The van der Waals surface area contributed by atoms with E-state index in [1.165, 1.54) is 12.1 Å². The van der Waals surface area contributed by atoms with Crippen molar-refractivity contribution in [3.8, 4) is 0 Å². The molecule has 5 heteroatoms. The standard InChI is InChI=1S/C8H5BrClF3/c9-6-2-1-5(4-10)7(3-6)8(11,12)13/h1-3H,4H2. The molecular weight excluding hydrogens is 268 g/mol. The Labute approximate surface area is 86.8 Å². The minimum absolute atomic E-state index is 0.0948. The number of halogens is 5. The first-order valence-electron chi connectivity index (χ1n) is 3.36. The molecule has 1 rings (SSSR count). The van der Waals surface area contributed by atoms with Gasteiger partial charge < -0.3 is 0 Å². The molecule has 0 aliphatic carbocycles. The summed E-state index contributed by atoms with van der Waals surface area (Å²) < 4.78 is 37.4. The molecule has 0 saturated heterocycles. The zero-order valence-corrected chi connectivity index (χ0v) is 8.67. The van der Waals surface area contributed by atoms with Crippen molar-refractivity contribution in [2.45, 2.75) is 12.1 Å². The molecule has 0 aliphatic heterocycles. The second-order valence-corrected chi connectivity index (χ2v) is 3.62. The number of benzene rings is 1. The second-order valence-electron chi connectivity index (χ2n) is 2.43. The second kappa shape index (κ2) is 3.88. The lowest BCUT2D eigenvalue weighted by Gasteiger charge is -2.10. The van der Waals surface area contributed by atoms with Gasteiger partial charge in [0.25, 0.3) is 0 Å². The van der Waals surface area contributed by atoms with Crippen molar-refractivity contribution in [3.05, 3.63) is 33.8 Å². The molecule has 0 aromatic heterocycles. The monoisotopic (exact) mass is 272 g/mol. The third kappa shape index (κ3) is 2.61. The van der Waals surface area contributed by atoms with Crippen LogP contribution in [-0.4, -0.2) is 0 Å². The molecule has 0 nitrogen and oxygen atoms in total. The quantitative estimate of drug-likeness (QED) is 0.673. The van der Waals surface area contributed by atoms with Crippen molar-refractivity contribution in [2.75, 3.05) is 0 Å². The number of rotatable bonds is 1. The minimum atomic E-state index is -4.34. The molecule has 0 bridgehead atoms. The van der Waals surface area contributed by atoms with E-state index in [1.54, 1.807) is 0 Å². The normalized spacial score (nSPS) is 11.8. The molecule has 0 heterocycles. The Kier molecular flexibility index (Phi) is 3.24. The van der Waals surface area contributed by atoms with Crippen LogP contribution < -0.4 is 0 Å². The van der Waals surface area contributed by atoms with E-state index in [1.807, 2.05) is 0 Å². The van der Waals surface area contributed by atoms with Crippen LogP contribution in [0, 0.1) is 0 Å². The van der Waals surface area contributed by atoms with E-state index < -0.39 is 11.7 Å². The van der Waals surface area contributed by atoms with Gasteiger partial charge in [-0.05, 0) is 17.7 Å². The summed E-state index contributed by atoms with van der Waals surface area (Å²) in [5.41, 5.74) is -0.589. The van der Waals surface area contributed by atoms with Crippen LogP contribution in [0.5, 0.6) is 0 Å². The predicted molar refractivity (Wildman–Crippen MR) is 48.7 cm³/mol. The number of alkyl halides is 4. The Bertz CT molecular complexity index is 309. The van der Waals surface area contributed by atoms with Crippen LogP contribution in [0.3, 0.4) is 0 Å². The van der Waals surface area contributed by atoms with Crippen LogP contribution in [-0.2, 0) is 12.1 Å². The van der Waals surface area contributed by atoms with Gasteiger partial charge in [0.1, 0.15) is 0 Å². The summed E-state index contributed by atoms with van der Waals surface area (Å²) in [6.07, 6.45) is -4.34. The van der Waals surface area contributed by atoms with Crippen LogP contribution in [0.2, 0.25) is 0 Å². The smallest absolute Gasteiger partial charge is 0.166 e. The number of hydrogen-bond acceptors (Lipinski definition) is 0. The van der Waals surface area contributed by atoms with Crippen LogP contribution >= 0.6 is 27.5 Å². The zero-order chi connectivity index (χ0) is 10.1. The minimum Gasteiger partial charge on any atom is -0.166 e. The molecule has 1 aromatic carbocycles.